The van der Waals surface area contributed by atoms with Gasteiger partial charge in [0.25, 0.3) is 0 Å². The number of nitrogens with zero attached hydrogens (tertiary/aromatic N) is 1. The second kappa shape index (κ2) is 6.64. The molecule has 1 amide bonds. The summed E-state index contributed by atoms with van der Waals surface area (Å²) >= 11 is 0. The predicted molar refractivity (Wildman–Crippen MR) is 60.1 cm³/mol. The monoisotopic (exact) mass is 240 g/mol. The molecule has 17 heavy (non-hydrogen) atoms. The average Bonchev–Trinajstić information content (AvgIpc) is 2.74. The molecule has 0 unspecified atom stereocenters. The molecule has 0 bridgehead atoms. The molecule has 94 valence electrons. The Bertz CT molecular complexity index is 364. The summed E-state index contributed by atoms with van der Waals surface area (Å²) in [6.45, 7) is 0.498. The molecule has 0 aliphatic carbocycles. The van der Waals surface area contributed by atoms with Gasteiger partial charge in [0.15, 0.2) is 0 Å². The van der Waals surface area contributed by atoms with E-state index in [2.05, 4.69) is 15.3 Å². The van der Waals surface area contributed by atoms with Crippen molar-refractivity contribution in [1.29, 1.82) is 0 Å². The minimum Gasteiger partial charge on any atom is -0.480 e. The van der Waals surface area contributed by atoms with E-state index in [1.807, 2.05) is 0 Å². The molecule has 5 N–H and O–H groups in total. The second-order valence-corrected chi connectivity index (χ2v) is 3.68. The molecule has 0 saturated heterocycles. The number of amides is 1. The number of carbonyl (C=O) groups excluding carboxylic acids is 1. The van der Waals surface area contributed by atoms with Crippen molar-refractivity contribution in [2.45, 2.75) is 25.3 Å². The van der Waals surface area contributed by atoms with Gasteiger partial charge in [0, 0.05) is 31.3 Å². The summed E-state index contributed by atoms with van der Waals surface area (Å²) in [6, 6.07) is -0.745. The first-order valence-corrected chi connectivity index (χ1v) is 5.31. The quantitative estimate of drug-likeness (QED) is 0.477. The number of nitrogens with one attached hydrogen (secondary N) is 2. The minimum atomic E-state index is -0.976. The summed E-state index contributed by atoms with van der Waals surface area (Å²) in [4.78, 5) is 28.2. The summed E-state index contributed by atoms with van der Waals surface area (Å²) < 4.78 is 0. The molecule has 1 atom stereocenters. The molecule has 1 rings (SSSR count). The summed E-state index contributed by atoms with van der Waals surface area (Å²) in [6.07, 6.45) is 4.17. The van der Waals surface area contributed by atoms with E-state index in [0.717, 1.165) is 5.69 Å². The zero-order chi connectivity index (χ0) is 12.7. The van der Waals surface area contributed by atoms with Crippen molar-refractivity contribution in [3.8, 4) is 0 Å². The lowest BCUT2D eigenvalue weighted by Gasteiger charge is -2.12. The third kappa shape index (κ3) is 5.12. The number of carbonyl (C=O) groups is 2. The number of imidazole rings is 1. The maximum atomic E-state index is 10.9. The van der Waals surface area contributed by atoms with Gasteiger partial charge in [-0.25, -0.2) is 4.98 Å². The van der Waals surface area contributed by atoms with Crippen LogP contribution in [0.1, 0.15) is 18.5 Å². The Kier molecular flexibility index (Phi) is 5.15. The molecular weight excluding hydrogens is 224 g/mol. The first-order chi connectivity index (χ1) is 8.09. The third-order valence-electron chi connectivity index (χ3n) is 2.32. The molecule has 0 radical (unpaired) electrons. The molecule has 7 heteroatoms. The molecule has 7 nitrogen and oxygen atoms in total. The van der Waals surface area contributed by atoms with Crippen LogP contribution in [0.15, 0.2) is 12.5 Å². The van der Waals surface area contributed by atoms with E-state index in [0.29, 0.717) is 13.0 Å². The van der Waals surface area contributed by atoms with E-state index >= 15 is 0 Å². The normalized spacial score (nSPS) is 12.2. The summed E-state index contributed by atoms with van der Waals surface area (Å²) in [5.74, 6) is -1.47. The van der Waals surface area contributed by atoms with Crippen LogP contribution in [-0.4, -0.2) is 39.5 Å². The number of hydrogen-bond acceptors (Lipinski definition) is 4. The highest BCUT2D eigenvalue weighted by atomic mass is 16.4. The molecule has 1 aromatic rings. The van der Waals surface area contributed by atoms with Gasteiger partial charge in [-0.2, -0.15) is 0 Å². The zero-order valence-corrected chi connectivity index (χ0v) is 9.35. The number of aliphatic carboxylic acids is 1. The number of H-pyrrole nitrogens is 1. The van der Waals surface area contributed by atoms with Crippen LogP contribution < -0.4 is 11.1 Å². The maximum absolute atomic E-state index is 10.9. The molecule has 0 aliphatic heterocycles. The average molecular weight is 240 g/mol. The number of carboxylic acids is 1. The summed E-state index contributed by atoms with van der Waals surface area (Å²) in [5, 5.41) is 11.8. The highest BCUT2D eigenvalue weighted by molar-refractivity contribution is 5.77. The lowest BCUT2D eigenvalue weighted by Crippen LogP contribution is -2.38. The Morgan fingerprint density at radius 3 is 2.88 bits per heavy atom. The van der Waals surface area contributed by atoms with Gasteiger partial charge < -0.3 is 21.1 Å². The van der Waals surface area contributed by atoms with Crippen LogP contribution in [0.3, 0.4) is 0 Å². The minimum absolute atomic E-state index is 0.0635. The van der Waals surface area contributed by atoms with Crippen LogP contribution in [0.25, 0.3) is 0 Å². The SMILES string of the molecule is NC(=O)CC[C@H](NCCc1cnc[nH]1)C(=O)O. The van der Waals surface area contributed by atoms with E-state index in [-0.39, 0.29) is 12.8 Å². The lowest BCUT2D eigenvalue weighted by atomic mass is 10.1. The van der Waals surface area contributed by atoms with E-state index in [9.17, 15) is 9.59 Å². The number of hydrogen-bond donors (Lipinski definition) is 4. The van der Waals surface area contributed by atoms with Gasteiger partial charge in [-0.1, -0.05) is 0 Å². The van der Waals surface area contributed by atoms with E-state index < -0.39 is 17.9 Å². The van der Waals surface area contributed by atoms with Gasteiger partial charge in [-0.05, 0) is 6.42 Å². The first-order valence-electron chi connectivity index (χ1n) is 5.31. The van der Waals surface area contributed by atoms with Gasteiger partial charge in [0.1, 0.15) is 6.04 Å². The smallest absolute Gasteiger partial charge is 0.320 e. The third-order valence-corrected chi connectivity index (χ3v) is 2.32. The van der Waals surface area contributed by atoms with E-state index in [1.54, 1.807) is 12.5 Å². The molecular formula is C10H16N4O3. The molecule has 1 heterocycles. The first kappa shape index (κ1) is 13.2. The highest BCUT2D eigenvalue weighted by Gasteiger charge is 2.16. The Balaban J connectivity index is 2.29. The van der Waals surface area contributed by atoms with Crippen molar-refractivity contribution in [2.75, 3.05) is 6.54 Å². The van der Waals surface area contributed by atoms with Crippen LogP contribution in [0, 0.1) is 0 Å². The van der Waals surface area contributed by atoms with E-state index in [4.69, 9.17) is 10.8 Å². The van der Waals surface area contributed by atoms with Crippen molar-refractivity contribution in [3.63, 3.8) is 0 Å². The largest absolute Gasteiger partial charge is 0.480 e. The molecule has 0 aromatic carbocycles. The van der Waals surface area contributed by atoms with Crippen LogP contribution in [0.4, 0.5) is 0 Å². The number of aromatic amines is 1. The fourth-order valence-corrected chi connectivity index (χ4v) is 1.40. The Labute approximate surface area is 98.4 Å². The van der Waals surface area contributed by atoms with Crippen LogP contribution in [0.2, 0.25) is 0 Å². The van der Waals surface area contributed by atoms with Crippen LogP contribution in [-0.2, 0) is 16.0 Å². The molecule has 0 saturated carbocycles. The van der Waals surface area contributed by atoms with Crippen LogP contribution in [0.5, 0.6) is 0 Å². The highest BCUT2D eigenvalue weighted by Crippen LogP contribution is 1.98. The van der Waals surface area contributed by atoms with Crippen molar-refractivity contribution in [2.24, 2.45) is 5.73 Å². The topological polar surface area (TPSA) is 121 Å². The Morgan fingerprint density at radius 1 is 1.59 bits per heavy atom. The number of carboxylic acid groups (broad SMARTS) is 1. The van der Waals surface area contributed by atoms with Crippen LogP contribution >= 0.6 is 0 Å². The second-order valence-electron chi connectivity index (χ2n) is 3.68. The number of rotatable bonds is 8. The van der Waals surface area contributed by atoms with Gasteiger partial charge >= 0.3 is 5.97 Å². The molecule has 0 aliphatic rings. The van der Waals surface area contributed by atoms with Crippen molar-refractivity contribution in [1.82, 2.24) is 15.3 Å². The van der Waals surface area contributed by atoms with Gasteiger partial charge in [0.2, 0.25) is 5.91 Å². The number of aromatic nitrogens is 2. The maximum Gasteiger partial charge on any atom is 0.320 e. The van der Waals surface area contributed by atoms with Gasteiger partial charge in [0.05, 0.1) is 6.33 Å². The molecule has 1 aromatic heterocycles. The van der Waals surface area contributed by atoms with Crippen molar-refractivity contribution >= 4 is 11.9 Å². The summed E-state index contributed by atoms with van der Waals surface area (Å²) in [5.41, 5.74) is 5.90. The lowest BCUT2D eigenvalue weighted by molar-refractivity contribution is -0.139. The number of primary amides is 1. The fourth-order valence-electron chi connectivity index (χ4n) is 1.40. The predicted octanol–water partition coefficient (Wildman–Crippen LogP) is -0.740. The fraction of sp³-hybridized carbons (Fsp3) is 0.500. The molecule has 0 spiro atoms. The zero-order valence-electron chi connectivity index (χ0n) is 9.35. The van der Waals surface area contributed by atoms with E-state index in [1.165, 1.54) is 0 Å². The van der Waals surface area contributed by atoms with Crippen molar-refractivity contribution in [3.05, 3.63) is 18.2 Å². The Morgan fingerprint density at radius 2 is 2.35 bits per heavy atom. The van der Waals surface area contributed by atoms with Crippen molar-refractivity contribution < 1.29 is 14.7 Å². The van der Waals surface area contributed by atoms with Gasteiger partial charge in [-0.15, -0.1) is 0 Å². The standard InChI is InChI=1S/C10H16N4O3/c11-9(15)2-1-8(10(16)17)13-4-3-7-5-12-6-14-7/h5-6,8,13H,1-4H2,(H2,11,15)(H,12,14)(H,16,17)/t8-/m0/s1. The summed E-state index contributed by atoms with van der Waals surface area (Å²) in [7, 11) is 0. The van der Waals surface area contributed by atoms with Gasteiger partial charge in [-0.3, -0.25) is 9.59 Å². The Hall–Kier alpha value is -1.89. The number of nitrogens with two attached hydrogens (primary N) is 1. The molecule has 0 fully saturated rings.